The lowest BCUT2D eigenvalue weighted by molar-refractivity contribution is 0.415. The number of hydrogen-bond acceptors (Lipinski definition) is 5. The van der Waals surface area contributed by atoms with E-state index < -0.39 is 0 Å². The third-order valence-corrected chi connectivity index (χ3v) is 4.70. The van der Waals surface area contributed by atoms with E-state index in [0.717, 1.165) is 26.8 Å². The zero-order chi connectivity index (χ0) is 15.8. The zero-order valence-electron chi connectivity index (χ0n) is 12.1. The number of ether oxygens (including phenoxy) is 1. The molecule has 0 fully saturated rings. The van der Waals surface area contributed by atoms with E-state index in [-0.39, 0.29) is 0 Å². The third kappa shape index (κ3) is 2.46. The molecule has 2 heterocycles. The summed E-state index contributed by atoms with van der Waals surface area (Å²) in [6.07, 6.45) is 0. The summed E-state index contributed by atoms with van der Waals surface area (Å²) in [6.45, 7) is 0. The van der Waals surface area contributed by atoms with Crippen LogP contribution in [0.15, 0.2) is 48.5 Å². The highest BCUT2D eigenvalue weighted by Gasteiger charge is 2.16. The fraction of sp³-hybridized carbons (Fsp3) is 0.0625. The van der Waals surface area contributed by atoms with E-state index in [1.165, 1.54) is 11.3 Å². The number of methoxy groups -OCH3 is 1. The SMILES string of the molecule is COc1cccc(-c2nn3c(-c4ccccc4Cl)nnc3s2)c1. The van der Waals surface area contributed by atoms with E-state index in [9.17, 15) is 0 Å². The first kappa shape index (κ1) is 14.2. The minimum Gasteiger partial charge on any atom is -0.497 e. The van der Waals surface area contributed by atoms with E-state index in [0.29, 0.717) is 10.8 Å². The van der Waals surface area contributed by atoms with Crippen LogP contribution >= 0.6 is 22.9 Å². The molecule has 0 aliphatic carbocycles. The number of aromatic nitrogens is 4. The Hall–Kier alpha value is -2.44. The average Bonchev–Trinajstić information content (AvgIpc) is 3.16. The first-order chi connectivity index (χ1) is 11.3. The van der Waals surface area contributed by atoms with Crippen molar-refractivity contribution in [2.75, 3.05) is 7.11 Å². The Bertz CT molecular complexity index is 995. The van der Waals surface area contributed by atoms with Crippen molar-refractivity contribution in [3.63, 3.8) is 0 Å². The molecule has 0 aliphatic heterocycles. The molecule has 23 heavy (non-hydrogen) atoms. The summed E-state index contributed by atoms with van der Waals surface area (Å²) in [6, 6.07) is 15.3. The van der Waals surface area contributed by atoms with Crippen LogP contribution in [-0.4, -0.2) is 26.9 Å². The van der Waals surface area contributed by atoms with Crippen molar-refractivity contribution in [2.24, 2.45) is 0 Å². The van der Waals surface area contributed by atoms with Gasteiger partial charge >= 0.3 is 0 Å². The third-order valence-electron chi connectivity index (χ3n) is 3.42. The largest absolute Gasteiger partial charge is 0.497 e. The zero-order valence-corrected chi connectivity index (χ0v) is 13.7. The van der Waals surface area contributed by atoms with Gasteiger partial charge in [0.15, 0.2) is 5.82 Å². The lowest BCUT2D eigenvalue weighted by Crippen LogP contribution is -1.91. The van der Waals surface area contributed by atoms with Gasteiger partial charge in [0.1, 0.15) is 10.8 Å². The standard InChI is InChI=1S/C16H11ClN4OS/c1-22-11-6-4-5-10(9-11)15-20-21-14(18-19-16(21)23-15)12-7-2-3-8-13(12)17/h2-9H,1H3. The Morgan fingerprint density at radius 3 is 2.78 bits per heavy atom. The van der Waals surface area contributed by atoms with Crippen LogP contribution in [0.2, 0.25) is 5.02 Å². The van der Waals surface area contributed by atoms with Gasteiger partial charge in [0.25, 0.3) is 0 Å². The van der Waals surface area contributed by atoms with Gasteiger partial charge in [-0.2, -0.15) is 9.61 Å². The minimum absolute atomic E-state index is 0.623. The number of benzene rings is 2. The van der Waals surface area contributed by atoms with Crippen LogP contribution in [0.25, 0.3) is 26.9 Å². The molecule has 114 valence electrons. The van der Waals surface area contributed by atoms with Crippen LogP contribution in [0, 0.1) is 0 Å². The van der Waals surface area contributed by atoms with Crippen molar-refractivity contribution < 1.29 is 4.74 Å². The predicted molar refractivity (Wildman–Crippen MR) is 91.1 cm³/mol. The highest BCUT2D eigenvalue weighted by molar-refractivity contribution is 7.19. The molecule has 7 heteroatoms. The average molecular weight is 343 g/mol. The van der Waals surface area contributed by atoms with Crippen molar-refractivity contribution in [3.8, 4) is 27.7 Å². The summed E-state index contributed by atoms with van der Waals surface area (Å²) in [4.78, 5) is 0.720. The number of halogens is 1. The molecule has 0 aliphatic rings. The van der Waals surface area contributed by atoms with Gasteiger partial charge in [-0.1, -0.05) is 47.2 Å². The van der Waals surface area contributed by atoms with Gasteiger partial charge in [-0.3, -0.25) is 0 Å². The highest BCUT2D eigenvalue weighted by Crippen LogP contribution is 2.31. The van der Waals surface area contributed by atoms with Gasteiger partial charge in [0.05, 0.1) is 12.1 Å². The molecule has 0 saturated heterocycles. The van der Waals surface area contributed by atoms with Gasteiger partial charge < -0.3 is 4.74 Å². The molecule has 2 aromatic heterocycles. The lowest BCUT2D eigenvalue weighted by atomic mass is 10.2. The van der Waals surface area contributed by atoms with E-state index >= 15 is 0 Å². The molecule has 0 unspecified atom stereocenters. The van der Waals surface area contributed by atoms with E-state index in [1.807, 2.05) is 48.5 Å². The summed E-state index contributed by atoms with van der Waals surface area (Å²) >= 11 is 7.73. The Morgan fingerprint density at radius 2 is 1.96 bits per heavy atom. The van der Waals surface area contributed by atoms with E-state index in [1.54, 1.807) is 11.6 Å². The fourth-order valence-electron chi connectivity index (χ4n) is 2.30. The monoisotopic (exact) mass is 342 g/mol. The second kappa shape index (κ2) is 5.64. The molecule has 0 saturated carbocycles. The van der Waals surface area contributed by atoms with Crippen molar-refractivity contribution >= 4 is 27.9 Å². The topological polar surface area (TPSA) is 52.3 Å². The molecule has 0 N–H and O–H groups in total. The molecule has 4 rings (SSSR count). The maximum atomic E-state index is 6.26. The van der Waals surface area contributed by atoms with Crippen LogP contribution in [0.3, 0.4) is 0 Å². The Balaban J connectivity index is 1.85. The molecule has 0 bridgehead atoms. The van der Waals surface area contributed by atoms with Gasteiger partial charge in [-0.25, -0.2) is 0 Å². The first-order valence-electron chi connectivity index (χ1n) is 6.88. The van der Waals surface area contributed by atoms with E-state index in [2.05, 4.69) is 15.3 Å². The molecule has 2 aromatic carbocycles. The normalized spacial score (nSPS) is 11.0. The number of hydrogen-bond donors (Lipinski definition) is 0. The number of nitrogens with zero attached hydrogens (tertiary/aromatic N) is 4. The summed E-state index contributed by atoms with van der Waals surface area (Å²) < 4.78 is 6.99. The first-order valence-corrected chi connectivity index (χ1v) is 8.07. The quantitative estimate of drug-likeness (QED) is 0.560. The predicted octanol–water partition coefficient (Wildman–Crippen LogP) is 4.18. The summed E-state index contributed by atoms with van der Waals surface area (Å²) in [5, 5.41) is 14.5. The van der Waals surface area contributed by atoms with Gasteiger partial charge in [0, 0.05) is 11.1 Å². The second-order valence-electron chi connectivity index (χ2n) is 4.84. The summed E-state index contributed by atoms with van der Waals surface area (Å²) in [5.41, 5.74) is 1.79. The maximum Gasteiger partial charge on any atom is 0.235 e. The van der Waals surface area contributed by atoms with Gasteiger partial charge in [-0.05, 0) is 24.3 Å². The van der Waals surface area contributed by atoms with Gasteiger partial charge in [0.2, 0.25) is 4.96 Å². The second-order valence-corrected chi connectivity index (χ2v) is 6.20. The van der Waals surface area contributed by atoms with E-state index in [4.69, 9.17) is 16.3 Å². The molecular formula is C16H11ClN4OS. The maximum absolute atomic E-state index is 6.26. The molecule has 0 spiro atoms. The van der Waals surface area contributed by atoms with Gasteiger partial charge in [-0.15, -0.1) is 10.2 Å². The summed E-state index contributed by atoms with van der Waals surface area (Å²) in [7, 11) is 1.65. The number of rotatable bonds is 3. The molecular weight excluding hydrogens is 332 g/mol. The van der Waals surface area contributed by atoms with Crippen molar-refractivity contribution in [1.82, 2.24) is 19.8 Å². The van der Waals surface area contributed by atoms with Crippen molar-refractivity contribution in [2.45, 2.75) is 0 Å². The smallest absolute Gasteiger partial charge is 0.235 e. The van der Waals surface area contributed by atoms with Crippen molar-refractivity contribution in [3.05, 3.63) is 53.6 Å². The van der Waals surface area contributed by atoms with Crippen LogP contribution in [0.4, 0.5) is 0 Å². The minimum atomic E-state index is 0.623. The van der Waals surface area contributed by atoms with Crippen LogP contribution in [0.5, 0.6) is 5.75 Å². The number of fused-ring (bicyclic) bond motifs is 1. The molecule has 5 nitrogen and oxygen atoms in total. The Kier molecular flexibility index (Phi) is 3.48. The molecule has 4 aromatic rings. The van der Waals surface area contributed by atoms with Crippen molar-refractivity contribution in [1.29, 1.82) is 0 Å². The fourth-order valence-corrected chi connectivity index (χ4v) is 3.36. The Morgan fingerprint density at radius 1 is 1.09 bits per heavy atom. The lowest BCUT2D eigenvalue weighted by Gasteiger charge is -2.01. The van der Waals surface area contributed by atoms with Crippen LogP contribution < -0.4 is 4.74 Å². The van der Waals surface area contributed by atoms with Crippen LogP contribution in [0.1, 0.15) is 0 Å². The molecule has 0 radical (unpaired) electrons. The van der Waals surface area contributed by atoms with Crippen LogP contribution in [-0.2, 0) is 0 Å². The molecule has 0 amide bonds. The Labute approximate surface area is 141 Å². The highest BCUT2D eigenvalue weighted by atomic mass is 35.5. The molecule has 0 atom stereocenters. The summed E-state index contributed by atoms with van der Waals surface area (Å²) in [5.74, 6) is 1.43.